The Hall–Kier alpha value is -1.52. The molecule has 2 unspecified atom stereocenters. The van der Waals surface area contributed by atoms with Crippen molar-refractivity contribution in [1.29, 1.82) is 0 Å². The molecule has 0 aliphatic rings. The van der Waals surface area contributed by atoms with E-state index in [-0.39, 0.29) is 77.5 Å². The van der Waals surface area contributed by atoms with Crippen LogP contribution in [0.15, 0.2) is 0 Å². The van der Waals surface area contributed by atoms with E-state index in [2.05, 4.69) is 0 Å². The lowest BCUT2D eigenvalue weighted by Crippen LogP contribution is -2.22. The molecule has 176 valence electrons. The van der Waals surface area contributed by atoms with Crippen molar-refractivity contribution in [3.63, 3.8) is 0 Å². The second-order valence-electron chi connectivity index (χ2n) is 6.07. The maximum absolute atomic E-state index is 11.9. The standard InChI is InChI=1S/C18H33O11P/c1-4-16(19)25-11-8-15(29-17(20)5-2)9-12-28-30(22,23)27-10-6-7-18(21)26-14-13-24-3/h15H,4-14H2,1-3H3,(H,22,23). The number of carbonyl (C=O) groups excluding carboxylic acids is 3. The molecule has 0 aliphatic carbocycles. The van der Waals surface area contributed by atoms with Crippen molar-refractivity contribution in [3.05, 3.63) is 0 Å². The molecule has 0 bridgehead atoms. The van der Waals surface area contributed by atoms with Crippen LogP contribution in [-0.4, -0.2) is 69.0 Å². The van der Waals surface area contributed by atoms with E-state index in [1.165, 1.54) is 7.11 Å². The third-order valence-corrected chi connectivity index (χ3v) is 4.62. The molecule has 0 rings (SSSR count). The Morgan fingerprint density at radius 1 is 0.833 bits per heavy atom. The van der Waals surface area contributed by atoms with Gasteiger partial charge in [0.2, 0.25) is 0 Å². The van der Waals surface area contributed by atoms with Crippen molar-refractivity contribution in [1.82, 2.24) is 0 Å². The number of carbonyl (C=O) groups is 3. The molecule has 0 aliphatic heterocycles. The molecule has 0 amide bonds. The summed E-state index contributed by atoms with van der Waals surface area (Å²) in [6, 6.07) is 0. The zero-order valence-electron chi connectivity index (χ0n) is 17.8. The molecule has 0 fully saturated rings. The van der Waals surface area contributed by atoms with Crippen LogP contribution in [0.25, 0.3) is 0 Å². The monoisotopic (exact) mass is 456 g/mol. The molecule has 0 heterocycles. The first kappa shape index (κ1) is 28.5. The normalized spacial score (nSPS) is 13.9. The first-order valence-electron chi connectivity index (χ1n) is 9.85. The molecule has 30 heavy (non-hydrogen) atoms. The number of methoxy groups -OCH3 is 1. The molecule has 12 heteroatoms. The number of rotatable bonds is 18. The molecule has 0 spiro atoms. The van der Waals surface area contributed by atoms with Crippen LogP contribution in [0.2, 0.25) is 0 Å². The molecule has 0 aromatic carbocycles. The van der Waals surface area contributed by atoms with Crippen molar-refractivity contribution in [3.8, 4) is 0 Å². The third kappa shape index (κ3) is 16.3. The molecule has 0 saturated carbocycles. The number of esters is 3. The van der Waals surface area contributed by atoms with Gasteiger partial charge in [-0.1, -0.05) is 13.8 Å². The molecule has 0 aromatic rings. The highest BCUT2D eigenvalue weighted by atomic mass is 31.2. The lowest BCUT2D eigenvalue weighted by molar-refractivity contribution is -0.151. The highest BCUT2D eigenvalue weighted by molar-refractivity contribution is 7.47. The maximum Gasteiger partial charge on any atom is 0.472 e. The number of phosphoric ester groups is 1. The molecule has 1 N–H and O–H groups in total. The van der Waals surface area contributed by atoms with Crippen LogP contribution in [0.5, 0.6) is 0 Å². The summed E-state index contributed by atoms with van der Waals surface area (Å²) in [5.41, 5.74) is 0. The summed E-state index contributed by atoms with van der Waals surface area (Å²) in [6.45, 7) is 3.40. The van der Waals surface area contributed by atoms with E-state index in [0.717, 1.165) is 0 Å². The van der Waals surface area contributed by atoms with E-state index >= 15 is 0 Å². The minimum atomic E-state index is -4.32. The van der Waals surface area contributed by atoms with Crippen LogP contribution in [0.1, 0.15) is 52.4 Å². The van der Waals surface area contributed by atoms with Crippen molar-refractivity contribution < 1.29 is 51.8 Å². The van der Waals surface area contributed by atoms with Gasteiger partial charge in [0.25, 0.3) is 0 Å². The molecular formula is C18H33O11P. The average Bonchev–Trinajstić information content (AvgIpc) is 2.70. The Morgan fingerprint density at radius 2 is 1.43 bits per heavy atom. The minimum Gasteiger partial charge on any atom is -0.466 e. The van der Waals surface area contributed by atoms with E-state index in [4.69, 9.17) is 28.0 Å². The largest absolute Gasteiger partial charge is 0.472 e. The Kier molecular flexibility index (Phi) is 16.3. The number of ether oxygens (including phenoxy) is 4. The van der Waals surface area contributed by atoms with Gasteiger partial charge >= 0.3 is 25.7 Å². The first-order valence-corrected chi connectivity index (χ1v) is 11.3. The fraction of sp³-hybridized carbons (Fsp3) is 0.833. The Balaban J connectivity index is 4.19. The topological polar surface area (TPSA) is 144 Å². The summed E-state index contributed by atoms with van der Waals surface area (Å²) in [5, 5.41) is 0. The smallest absolute Gasteiger partial charge is 0.466 e. The van der Waals surface area contributed by atoms with Crippen molar-refractivity contribution in [2.24, 2.45) is 0 Å². The molecule has 2 atom stereocenters. The van der Waals surface area contributed by atoms with Crippen LogP contribution in [0, 0.1) is 0 Å². The molecule has 0 saturated heterocycles. The lowest BCUT2D eigenvalue weighted by Gasteiger charge is -2.18. The molecule has 0 aromatic heterocycles. The summed E-state index contributed by atoms with van der Waals surface area (Å²) in [7, 11) is -2.84. The van der Waals surface area contributed by atoms with E-state index < -0.39 is 25.9 Å². The van der Waals surface area contributed by atoms with Crippen molar-refractivity contribution >= 4 is 25.7 Å². The fourth-order valence-corrected chi connectivity index (χ4v) is 2.75. The number of phosphoric acid groups is 1. The van der Waals surface area contributed by atoms with E-state index in [1.807, 2.05) is 0 Å². The van der Waals surface area contributed by atoms with Gasteiger partial charge in [0.15, 0.2) is 0 Å². The van der Waals surface area contributed by atoms with Gasteiger partial charge in [0.05, 0.1) is 26.4 Å². The first-order chi connectivity index (χ1) is 14.2. The molecule has 11 nitrogen and oxygen atoms in total. The average molecular weight is 456 g/mol. The Morgan fingerprint density at radius 3 is 2.07 bits per heavy atom. The van der Waals surface area contributed by atoms with Gasteiger partial charge in [0, 0.05) is 39.2 Å². The van der Waals surface area contributed by atoms with E-state index in [1.54, 1.807) is 13.8 Å². The van der Waals surface area contributed by atoms with Crippen LogP contribution in [0.3, 0.4) is 0 Å². The second-order valence-corrected chi connectivity index (χ2v) is 7.52. The number of hydrogen-bond donors (Lipinski definition) is 1. The third-order valence-electron chi connectivity index (χ3n) is 3.60. The summed E-state index contributed by atoms with van der Waals surface area (Å²) in [5.74, 6) is -1.28. The van der Waals surface area contributed by atoms with Gasteiger partial charge in [-0.2, -0.15) is 0 Å². The van der Waals surface area contributed by atoms with Gasteiger partial charge in [-0.25, -0.2) is 4.57 Å². The zero-order chi connectivity index (χ0) is 22.8. The number of hydrogen-bond acceptors (Lipinski definition) is 10. The van der Waals surface area contributed by atoms with Crippen molar-refractivity contribution in [2.45, 2.75) is 58.5 Å². The Bertz CT molecular complexity index is 552. The summed E-state index contributed by atoms with van der Waals surface area (Å²) in [4.78, 5) is 43.7. The molecule has 0 radical (unpaired) electrons. The predicted octanol–water partition coefficient (Wildman–Crippen LogP) is 2.14. The van der Waals surface area contributed by atoms with Gasteiger partial charge in [0.1, 0.15) is 12.7 Å². The van der Waals surface area contributed by atoms with Gasteiger partial charge in [-0.05, 0) is 6.42 Å². The minimum absolute atomic E-state index is 0.0231. The van der Waals surface area contributed by atoms with Gasteiger partial charge in [-0.3, -0.25) is 23.4 Å². The predicted molar refractivity (Wildman–Crippen MR) is 104 cm³/mol. The quantitative estimate of drug-likeness (QED) is 0.140. The maximum atomic E-state index is 11.9. The highest BCUT2D eigenvalue weighted by Gasteiger charge is 2.23. The molecular weight excluding hydrogens is 423 g/mol. The SMILES string of the molecule is CCC(=O)OCCC(CCOP(=O)(O)OCCCC(=O)OCCOC)OC(=O)CC. The van der Waals surface area contributed by atoms with Gasteiger partial charge < -0.3 is 23.8 Å². The lowest BCUT2D eigenvalue weighted by atomic mass is 10.2. The van der Waals surface area contributed by atoms with Crippen LogP contribution in [-0.2, 0) is 46.9 Å². The van der Waals surface area contributed by atoms with E-state index in [0.29, 0.717) is 0 Å². The summed E-state index contributed by atoms with van der Waals surface area (Å²) < 4.78 is 41.3. The van der Waals surface area contributed by atoms with Crippen LogP contribution < -0.4 is 0 Å². The second kappa shape index (κ2) is 17.2. The van der Waals surface area contributed by atoms with Crippen LogP contribution >= 0.6 is 7.82 Å². The zero-order valence-corrected chi connectivity index (χ0v) is 18.7. The Labute approximate surface area is 176 Å². The summed E-state index contributed by atoms with van der Waals surface area (Å²) >= 11 is 0. The summed E-state index contributed by atoms with van der Waals surface area (Å²) in [6.07, 6.45) is 0.329. The van der Waals surface area contributed by atoms with Crippen molar-refractivity contribution in [2.75, 3.05) is 40.1 Å². The fourth-order valence-electron chi connectivity index (χ4n) is 1.98. The van der Waals surface area contributed by atoms with Gasteiger partial charge in [-0.15, -0.1) is 0 Å². The highest BCUT2D eigenvalue weighted by Crippen LogP contribution is 2.43. The van der Waals surface area contributed by atoms with E-state index in [9.17, 15) is 23.8 Å². The van der Waals surface area contributed by atoms with Crippen LogP contribution in [0.4, 0.5) is 0 Å².